The molecule has 4 bridgehead atoms. The molecule has 35 heavy (non-hydrogen) atoms. The molecule has 4 aliphatic heterocycles. The van der Waals surface area contributed by atoms with E-state index in [0.29, 0.717) is 49.8 Å². The first kappa shape index (κ1) is 24.5. The summed E-state index contributed by atoms with van der Waals surface area (Å²) in [5, 5.41) is 16.7. The molecule has 4 aliphatic rings. The molecule has 0 saturated carbocycles. The van der Waals surface area contributed by atoms with Gasteiger partial charge in [-0.2, -0.15) is 0 Å². The summed E-state index contributed by atoms with van der Waals surface area (Å²) in [5.41, 5.74) is 0.510. The number of aliphatic hydroxyl groups excluding tert-OH is 1. The molecule has 5 atom stereocenters. The van der Waals surface area contributed by atoms with E-state index in [1.54, 1.807) is 6.07 Å². The molecular formula is C26H38N4O5. The van der Waals surface area contributed by atoms with Crippen LogP contribution < -0.4 is 15.4 Å². The van der Waals surface area contributed by atoms with Crippen molar-refractivity contribution >= 4 is 11.8 Å². The maximum absolute atomic E-state index is 13.4. The van der Waals surface area contributed by atoms with Crippen LogP contribution in [-0.4, -0.2) is 103 Å². The molecule has 3 fully saturated rings. The highest BCUT2D eigenvalue weighted by Gasteiger charge is 2.42. The maximum atomic E-state index is 13.4. The number of amides is 2. The van der Waals surface area contributed by atoms with Crippen LogP contribution in [0.25, 0.3) is 0 Å². The van der Waals surface area contributed by atoms with Gasteiger partial charge in [0.25, 0.3) is 5.91 Å². The number of likely N-dealkylation sites (tertiary alicyclic amines) is 2. The van der Waals surface area contributed by atoms with Crippen molar-refractivity contribution in [3.63, 3.8) is 0 Å². The second kappa shape index (κ2) is 10.8. The van der Waals surface area contributed by atoms with Crippen molar-refractivity contribution in [3.8, 4) is 5.75 Å². The van der Waals surface area contributed by atoms with E-state index in [9.17, 15) is 14.7 Å². The molecule has 2 amide bonds. The molecular weight excluding hydrogens is 448 g/mol. The Morgan fingerprint density at radius 3 is 2.69 bits per heavy atom. The first-order valence-electron chi connectivity index (χ1n) is 13.1. The van der Waals surface area contributed by atoms with Crippen LogP contribution in [-0.2, 0) is 9.53 Å². The van der Waals surface area contributed by atoms with E-state index < -0.39 is 12.2 Å². The minimum Gasteiger partial charge on any atom is -0.493 e. The fourth-order valence-corrected chi connectivity index (χ4v) is 5.96. The van der Waals surface area contributed by atoms with Crippen LogP contribution in [0, 0.1) is 0 Å². The number of rotatable bonds is 1. The third-order valence-corrected chi connectivity index (χ3v) is 8.02. The zero-order valence-electron chi connectivity index (χ0n) is 20.5. The molecule has 0 aromatic heterocycles. The first-order valence-corrected chi connectivity index (χ1v) is 13.1. The Hall–Kier alpha value is -2.20. The van der Waals surface area contributed by atoms with Crippen molar-refractivity contribution in [1.82, 2.24) is 20.4 Å². The number of carbonyl (C=O) groups excluding carboxylic acids is 2. The SMILES string of the molecule is CN1CCC(N2C[C@@H]3C[C@H]2C(=O)NC[C@H]2O[C@H](CCOc4ccccc4C(=O)N3)CC[C@@H]2O)CC1. The highest BCUT2D eigenvalue weighted by Crippen LogP contribution is 2.28. The smallest absolute Gasteiger partial charge is 0.255 e. The van der Waals surface area contributed by atoms with Crippen LogP contribution in [0.2, 0.25) is 0 Å². The molecule has 1 aromatic rings. The maximum Gasteiger partial charge on any atom is 0.255 e. The van der Waals surface area contributed by atoms with Crippen molar-refractivity contribution in [2.75, 3.05) is 39.8 Å². The molecule has 4 heterocycles. The first-order chi connectivity index (χ1) is 17.0. The van der Waals surface area contributed by atoms with Gasteiger partial charge in [0.15, 0.2) is 0 Å². The molecule has 5 rings (SSSR count). The van der Waals surface area contributed by atoms with Crippen LogP contribution >= 0.6 is 0 Å². The van der Waals surface area contributed by atoms with Gasteiger partial charge in [-0.05, 0) is 64.4 Å². The zero-order chi connectivity index (χ0) is 24.4. The molecule has 192 valence electrons. The number of carbonyl (C=O) groups is 2. The van der Waals surface area contributed by atoms with Gasteiger partial charge in [-0.25, -0.2) is 0 Å². The summed E-state index contributed by atoms with van der Waals surface area (Å²) in [4.78, 5) is 31.2. The lowest BCUT2D eigenvalue weighted by Gasteiger charge is -2.38. The van der Waals surface area contributed by atoms with E-state index in [-0.39, 0.29) is 36.5 Å². The number of hydrogen-bond acceptors (Lipinski definition) is 7. The highest BCUT2D eigenvalue weighted by atomic mass is 16.5. The largest absolute Gasteiger partial charge is 0.493 e. The van der Waals surface area contributed by atoms with Gasteiger partial charge in [0.1, 0.15) is 11.9 Å². The summed E-state index contributed by atoms with van der Waals surface area (Å²) < 4.78 is 12.2. The lowest BCUT2D eigenvalue weighted by molar-refractivity contribution is -0.134. The van der Waals surface area contributed by atoms with Crippen molar-refractivity contribution < 1.29 is 24.2 Å². The summed E-state index contributed by atoms with van der Waals surface area (Å²) in [6.07, 6.45) is 3.53. The zero-order valence-corrected chi connectivity index (χ0v) is 20.5. The fraction of sp³-hybridized carbons (Fsp3) is 0.692. The van der Waals surface area contributed by atoms with E-state index in [1.807, 2.05) is 18.2 Å². The third kappa shape index (κ3) is 5.63. The normalized spacial score (nSPS) is 33.9. The second-order valence-corrected chi connectivity index (χ2v) is 10.5. The van der Waals surface area contributed by atoms with Crippen molar-refractivity contribution in [2.45, 2.75) is 75.0 Å². The number of aliphatic hydroxyl groups is 1. The molecule has 0 spiro atoms. The van der Waals surface area contributed by atoms with Crippen LogP contribution in [0.15, 0.2) is 24.3 Å². The number of piperidine rings is 1. The lowest BCUT2D eigenvalue weighted by atomic mass is 9.99. The quantitative estimate of drug-likeness (QED) is 0.539. The number of nitrogens with zero attached hydrogens (tertiary/aromatic N) is 2. The molecule has 9 heteroatoms. The van der Waals surface area contributed by atoms with Crippen LogP contribution in [0.5, 0.6) is 5.75 Å². The lowest BCUT2D eigenvalue weighted by Crippen LogP contribution is -2.53. The molecule has 1 aromatic carbocycles. The van der Waals surface area contributed by atoms with Gasteiger partial charge in [0.05, 0.1) is 30.4 Å². The van der Waals surface area contributed by atoms with Crippen LogP contribution in [0.4, 0.5) is 0 Å². The molecule has 3 saturated heterocycles. The minimum absolute atomic E-state index is 0.0468. The Morgan fingerprint density at radius 2 is 1.86 bits per heavy atom. The van der Waals surface area contributed by atoms with E-state index in [0.717, 1.165) is 32.4 Å². The third-order valence-electron chi connectivity index (χ3n) is 8.02. The van der Waals surface area contributed by atoms with E-state index in [1.165, 1.54) is 0 Å². The Kier molecular flexibility index (Phi) is 7.57. The van der Waals surface area contributed by atoms with Crippen LogP contribution in [0.1, 0.15) is 48.9 Å². The molecule has 0 aliphatic carbocycles. The predicted octanol–water partition coefficient (Wildman–Crippen LogP) is 0.761. The summed E-state index contributed by atoms with van der Waals surface area (Å²) in [6, 6.07) is 7.18. The number of fused-ring (bicyclic) bond motifs is 5. The summed E-state index contributed by atoms with van der Waals surface area (Å²) >= 11 is 0. The number of benzene rings is 1. The van der Waals surface area contributed by atoms with E-state index in [2.05, 4.69) is 27.5 Å². The summed E-state index contributed by atoms with van der Waals surface area (Å²) in [7, 11) is 2.13. The average molecular weight is 487 g/mol. The van der Waals surface area contributed by atoms with Gasteiger partial charge in [-0.3, -0.25) is 14.5 Å². The Balaban J connectivity index is 1.39. The number of hydrogen-bond donors (Lipinski definition) is 3. The minimum atomic E-state index is -0.590. The van der Waals surface area contributed by atoms with Gasteiger partial charge < -0.3 is 30.1 Å². The molecule has 0 unspecified atom stereocenters. The number of para-hydroxylation sites is 1. The van der Waals surface area contributed by atoms with E-state index >= 15 is 0 Å². The standard InChI is InChI=1S/C26H38N4O5/c1-29-11-8-18(9-12-29)30-16-17-14-21(30)26(33)27-15-24-22(31)7-6-19(35-24)10-13-34-23-5-3-2-4-20(23)25(32)28-17/h2-5,17-19,21-22,24,31H,6-16H2,1H3,(H,27,33)(H,28,32)/t17-,19-,21-,22-,24+/m0/s1. The molecule has 0 radical (unpaired) electrons. The topological polar surface area (TPSA) is 103 Å². The van der Waals surface area contributed by atoms with Crippen molar-refractivity contribution in [1.29, 1.82) is 0 Å². The Labute approximate surface area is 207 Å². The average Bonchev–Trinajstić information content (AvgIpc) is 3.28. The van der Waals surface area contributed by atoms with E-state index in [4.69, 9.17) is 9.47 Å². The summed E-state index contributed by atoms with van der Waals surface area (Å²) in [6.45, 7) is 3.35. The Bertz CT molecular complexity index is 905. The molecule has 3 N–H and O–H groups in total. The van der Waals surface area contributed by atoms with Crippen molar-refractivity contribution in [2.24, 2.45) is 0 Å². The number of ether oxygens (including phenoxy) is 2. The monoisotopic (exact) mass is 486 g/mol. The predicted molar refractivity (Wildman–Crippen MR) is 130 cm³/mol. The molecule has 9 nitrogen and oxygen atoms in total. The number of nitrogens with one attached hydrogen (secondary N) is 2. The van der Waals surface area contributed by atoms with Gasteiger partial charge in [-0.15, -0.1) is 0 Å². The second-order valence-electron chi connectivity index (χ2n) is 10.5. The van der Waals surface area contributed by atoms with Gasteiger partial charge >= 0.3 is 0 Å². The highest BCUT2D eigenvalue weighted by molar-refractivity contribution is 5.97. The van der Waals surface area contributed by atoms with Gasteiger partial charge in [0.2, 0.25) is 5.91 Å². The Morgan fingerprint density at radius 1 is 1.06 bits per heavy atom. The van der Waals surface area contributed by atoms with Gasteiger partial charge in [0, 0.05) is 31.6 Å². The fourth-order valence-electron chi connectivity index (χ4n) is 5.96. The van der Waals surface area contributed by atoms with Crippen molar-refractivity contribution in [3.05, 3.63) is 29.8 Å². The van der Waals surface area contributed by atoms with Crippen LogP contribution in [0.3, 0.4) is 0 Å². The van der Waals surface area contributed by atoms with Gasteiger partial charge in [-0.1, -0.05) is 12.1 Å². The summed E-state index contributed by atoms with van der Waals surface area (Å²) in [5.74, 6) is 0.345.